The van der Waals surface area contributed by atoms with E-state index in [-0.39, 0.29) is 23.5 Å². The minimum atomic E-state index is -2.88. The number of rotatable bonds is 10. The molecule has 9 heteroatoms. The van der Waals surface area contributed by atoms with E-state index in [0.717, 1.165) is 11.1 Å². The van der Waals surface area contributed by atoms with Gasteiger partial charge in [0.25, 0.3) is 5.22 Å². The standard InChI is InChI=1S/C24H20F2N2O4S/c25-23(26)31-21-12-8-18(9-13-21)22-27-28-24(32-22)33-15-19(29)14-30-20-10-6-17(7-11-20)16-4-2-1-3-5-16/h1-13,19,23,29H,14-15H2. The SMILES string of the molecule is OC(COc1ccc(-c2ccccc2)cc1)CSc1nnc(-c2ccc(OC(F)F)cc2)o1. The maximum atomic E-state index is 12.2. The van der Waals surface area contributed by atoms with Gasteiger partial charge in [-0.1, -0.05) is 54.2 Å². The molecule has 1 heterocycles. The fourth-order valence-electron chi connectivity index (χ4n) is 2.95. The molecule has 0 amide bonds. The second kappa shape index (κ2) is 10.9. The Morgan fingerprint density at radius 1 is 0.818 bits per heavy atom. The third-order valence-electron chi connectivity index (χ3n) is 4.54. The van der Waals surface area contributed by atoms with Crippen LogP contribution in [-0.2, 0) is 0 Å². The molecule has 1 N–H and O–H groups in total. The van der Waals surface area contributed by atoms with E-state index in [4.69, 9.17) is 9.15 Å². The van der Waals surface area contributed by atoms with Gasteiger partial charge in [0.05, 0.1) is 6.10 Å². The predicted octanol–water partition coefficient (Wildman–Crippen LogP) is 5.54. The summed E-state index contributed by atoms with van der Waals surface area (Å²) in [6.07, 6.45) is -0.745. The zero-order valence-electron chi connectivity index (χ0n) is 17.3. The van der Waals surface area contributed by atoms with E-state index in [9.17, 15) is 13.9 Å². The zero-order chi connectivity index (χ0) is 23.0. The minimum Gasteiger partial charge on any atom is -0.491 e. The largest absolute Gasteiger partial charge is 0.491 e. The van der Waals surface area contributed by atoms with Gasteiger partial charge < -0.3 is 19.0 Å². The number of ether oxygens (including phenoxy) is 2. The predicted molar refractivity (Wildman–Crippen MR) is 120 cm³/mol. The molecule has 6 nitrogen and oxygen atoms in total. The minimum absolute atomic E-state index is 0.0423. The van der Waals surface area contributed by atoms with Crippen molar-refractivity contribution in [1.82, 2.24) is 10.2 Å². The van der Waals surface area contributed by atoms with Crippen LogP contribution in [0.1, 0.15) is 0 Å². The van der Waals surface area contributed by atoms with Crippen molar-refractivity contribution in [2.24, 2.45) is 0 Å². The number of alkyl halides is 2. The number of aromatic nitrogens is 2. The monoisotopic (exact) mass is 470 g/mol. The number of hydrogen-bond donors (Lipinski definition) is 1. The Morgan fingerprint density at radius 3 is 2.15 bits per heavy atom. The molecule has 0 saturated carbocycles. The van der Waals surface area contributed by atoms with Crippen molar-refractivity contribution < 1.29 is 27.8 Å². The highest BCUT2D eigenvalue weighted by atomic mass is 32.2. The first-order chi connectivity index (χ1) is 16.1. The quantitative estimate of drug-likeness (QED) is 0.305. The molecule has 4 aromatic rings. The van der Waals surface area contributed by atoms with Crippen LogP contribution in [0.15, 0.2) is 88.5 Å². The van der Waals surface area contributed by atoms with E-state index in [0.29, 0.717) is 17.1 Å². The first kappa shape index (κ1) is 22.8. The molecule has 1 atom stereocenters. The summed E-state index contributed by atoms with van der Waals surface area (Å²) in [6, 6.07) is 23.6. The molecule has 0 aliphatic rings. The van der Waals surface area contributed by atoms with Crippen LogP contribution in [0.25, 0.3) is 22.6 Å². The topological polar surface area (TPSA) is 77.6 Å². The number of hydrogen-bond acceptors (Lipinski definition) is 7. The van der Waals surface area contributed by atoms with Crippen molar-refractivity contribution in [3.05, 3.63) is 78.9 Å². The van der Waals surface area contributed by atoms with Crippen LogP contribution in [0.4, 0.5) is 8.78 Å². The van der Waals surface area contributed by atoms with Gasteiger partial charge in [0, 0.05) is 11.3 Å². The van der Waals surface area contributed by atoms with Gasteiger partial charge in [-0.05, 0) is 47.5 Å². The molecule has 0 aliphatic carbocycles. The first-order valence-electron chi connectivity index (χ1n) is 10.0. The Morgan fingerprint density at radius 2 is 1.45 bits per heavy atom. The van der Waals surface area contributed by atoms with Gasteiger partial charge in [-0.25, -0.2) is 0 Å². The maximum Gasteiger partial charge on any atom is 0.387 e. The van der Waals surface area contributed by atoms with Crippen LogP contribution in [0.5, 0.6) is 11.5 Å². The van der Waals surface area contributed by atoms with Crippen LogP contribution in [0, 0.1) is 0 Å². The number of nitrogens with zero attached hydrogens (tertiary/aromatic N) is 2. The normalized spacial score (nSPS) is 12.0. The highest BCUT2D eigenvalue weighted by molar-refractivity contribution is 7.99. The summed E-state index contributed by atoms with van der Waals surface area (Å²) >= 11 is 1.20. The molecular formula is C24H20F2N2O4S. The van der Waals surface area contributed by atoms with Crippen LogP contribution >= 0.6 is 11.8 Å². The summed E-state index contributed by atoms with van der Waals surface area (Å²) in [4.78, 5) is 0. The molecule has 4 rings (SSSR count). The van der Waals surface area contributed by atoms with E-state index in [1.807, 2.05) is 54.6 Å². The molecule has 0 bridgehead atoms. The molecule has 1 aromatic heterocycles. The van der Waals surface area contributed by atoms with Crippen molar-refractivity contribution in [3.63, 3.8) is 0 Å². The van der Waals surface area contributed by atoms with Gasteiger partial charge in [0.1, 0.15) is 18.1 Å². The molecule has 0 radical (unpaired) electrons. The summed E-state index contributed by atoms with van der Waals surface area (Å²) < 4.78 is 40.0. The molecule has 0 aliphatic heterocycles. The van der Waals surface area contributed by atoms with E-state index >= 15 is 0 Å². The first-order valence-corrected chi connectivity index (χ1v) is 11.0. The van der Waals surface area contributed by atoms with Crippen molar-refractivity contribution >= 4 is 11.8 Å². The van der Waals surface area contributed by atoms with Crippen molar-refractivity contribution in [1.29, 1.82) is 0 Å². The fraction of sp³-hybridized carbons (Fsp3) is 0.167. The second-order valence-corrected chi connectivity index (χ2v) is 7.91. The van der Waals surface area contributed by atoms with Crippen LogP contribution in [0.3, 0.4) is 0 Å². The summed E-state index contributed by atoms with van der Waals surface area (Å²) in [6.45, 7) is -2.77. The highest BCUT2D eigenvalue weighted by Crippen LogP contribution is 2.26. The molecule has 33 heavy (non-hydrogen) atoms. The van der Waals surface area contributed by atoms with Crippen molar-refractivity contribution in [2.45, 2.75) is 17.9 Å². The Labute approximate surface area is 193 Å². The number of thioether (sulfide) groups is 1. The van der Waals surface area contributed by atoms with Gasteiger partial charge in [-0.3, -0.25) is 0 Å². The number of aliphatic hydroxyl groups excluding tert-OH is 1. The number of benzene rings is 3. The Kier molecular flexibility index (Phi) is 7.54. The summed E-state index contributed by atoms with van der Waals surface area (Å²) in [5.41, 5.74) is 2.78. The summed E-state index contributed by atoms with van der Waals surface area (Å²) in [5, 5.41) is 18.4. The molecule has 0 saturated heterocycles. The van der Waals surface area contributed by atoms with Gasteiger partial charge in [-0.2, -0.15) is 8.78 Å². The molecule has 0 spiro atoms. The van der Waals surface area contributed by atoms with E-state index in [2.05, 4.69) is 14.9 Å². The lowest BCUT2D eigenvalue weighted by atomic mass is 10.1. The average molecular weight is 470 g/mol. The maximum absolute atomic E-state index is 12.2. The smallest absolute Gasteiger partial charge is 0.387 e. The van der Waals surface area contributed by atoms with E-state index < -0.39 is 12.7 Å². The summed E-state index contributed by atoms with van der Waals surface area (Å²) in [7, 11) is 0. The molecule has 1 unspecified atom stereocenters. The van der Waals surface area contributed by atoms with Gasteiger partial charge in [-0.15, -0.1) is 10.2 Å². The van der Waals surface area contributed by atoms with Gasteiger partial charge in [0.15, 0.2) is 0 Å². The van der Waals surface area contributed by atoms with Crippen molar-refractivity contribution in [3.8, 4) is 34.1 Å². The third kappa shape index (κ3) is 6.53. The Hall–Kier alpha value is -3.43. The lowest BCUT2D eigenvalue weighted by molar-refractivity contribution is -0.0498. The highest BCUT2D eigenvalue weighted by Gasteiger charge is 2.13. The number of halogens is 2. The lowest BCUT2D eigenvalue weighted by Gasteiger charge is -2.11. The van der Waals surface area contributed by atoms with Crippen molar-refractivity contribution in [2.75, 3.05) is 12.4 Å². The van der Waals surface area contributed by atoms with Gasteiger partial charge in [0.2, 0.25) is 5.89 Å². The third-order valence-corrected chi connectivity index (χ3v) is 5.50. The molecule has 0 fully saturated rings. The van der Waals surface area contributed by atoms with Crippen LogP contribution < -0.4 is 9.47 Å². The van der Waals surface area contributed by atoms with Crippen LogP contribution in [0.2, 0.25) is 0 Å². The summed E-state index contributed by atoms with van der Waals surface area (Å²) in [5.74, 6) is 1.24. The average Bonchev–Trinajstić information content (AvgIpc) is 3.31. The van der Waals surface area contributed by atoms with Crippen LogP contribution in [-0.4, -0.2) is 40.4 Å². The van der Waals surface area contributed by atoms with Gasteiger partial charge >= 0.3 is 6.61 Å². The molecule has 170 valence electrons. The second-order valence-electron chi connectivity index (χ2n) is 6.94. The number of aliphatic hydroxyl groups is 1. The Balaban J connectivity index is 1.24. The van der Waals surface area contributed by atoms with E-state index in [1.165, 1.54) is 23.9 Å². The van der Waals surface area contributed by atoms with E-state index in [1.54, 1.807) is 12.1 Å². The zero-order valence-corrected chi connectivity index (χ0v) is 18.1. The molecular weight excluding hydrogens is 450 g/mol. The lowest BCUT2D eigenvalue weighted by Crippen LogP contribution is -2.20. The molecule has 3 aromatic carbocycles. The fourth-order valence-corrected chi connectivity index (χ4v) is 3.61. The Bertz CT molecular complexity index is 1140.